The van der Waals surface area contributed by atoms with Gasteiger partial charge in [-0.1, -0.05) is 6.07 Å². The van der Waals surface area contributed by atoms with Gasteiger partial charge in [0.15, 0.2) is 0 Å². The first-order valence-electron chi connectivity index (χ1n) is 6.85. The fourth-order valence-electron chi connectivity index (χ4n) is 2.37. The van der Waals surface area contributed by atoms with Crippen molar-refractivity contribution in [2.24, 2.45) is 0 Å². The maximum atomic E-state index is 12.9. The first-order chi connectivity index (χ1) is 10.2. The van der Waals surface area contributed by atoms with Crippen LogP contribution in [0.25, 0.3) is 0 Å². The maximum absolute atomic E-state index is 12.9. The van der Waals surface area contributed by atoms with Crippen molar-refractivity contribution in [2.45, 2.75) is 12.5 Å². The van der Waals surface area contributed by atoms with Crippen LogP contribution in [0.5, 0.6) is 5.88 Å². The third-order valence-corrected chi connectivity index (χ3v) is 3.45. The van der Waals surface area contributed by atoms with E-state index in [0.717, 1.165) is 6.42 Å². The number of likely N-dealkylation sites (tertiary alicyclic amines) is 1. The van der Waals surface area contributed by atoms with Crippen LogP contribution in [0.1, 0.15) is 16.8 Å². The maximum Gasteiger partial charge on any atom is 0.253 e. The van der Waals surface area contributed by atoms with E-state index < -0.39 is 0 Å². The standard InChI is InChI=1S/C16H15FN2O2/c17-13-6-4-12(5-7-13)16(20)19-10-8-14(11-19)21-15-3-1-2-9-18-15/h1-7,9,14H,8,10-11H2. The number of hydrogen-bond acceptors (Lipinski definition) is 3. The molecular formula is C16H15FN2O2. The van der Waals surface area contributed by atoms with E-state index in [1.165, 1.54) is 24.3 Å². The molecule has 1 amide bonds. The molecule has 3 rings (SSSR count). The summed E-state index contributed by atoms with van der Waals surface area (Å²) in [7, 11) is 0. The Hall–Kier alpha value is -2.43. The normalized spacial score (nSPS) is 17.8. The van der Waals surface area contributed by atoms with Crippen molar-refractivity contribution >= 4 is 5.91 Å². The van der Waals surface area contributed by atoms with Crippen molar-refractivity contribution in [3.05, 3.63) is 60.0 Å². The first kappa shape index (κ1) is 13.5. The lowest BCUT2D eigenvalue weighted by Crippen LogP contribution is -2.31. The molecule has 1 atom stereocenters. The second kappa shape index (κ2) is 5.91. The van der Waals surface area contributed by atoms with E-state index in [4.69, 9.17) is 4.74 Å². The molecule has 1 aromatic heterocycles. The quantitative estimate of drug-likeness (QED) is 0.870. The Bertz CT molecular complexity index is 616. The summed E-state index contributed by atoms with van der Waals surface area (Å²) in [5.41, 5.74) is 0.495. The average Bonchev–Trinajstić information content (AvgIpc) is 2.97. The summed E-state index contributed by atoms with van der Waals surface area (Å²) in [6, 6.07) is 11.1. The van der Waals surface area contributed by atoms with Crippen LogP contribution >= 0.6 is 0 Å². The van der Waals surface area contributed by atoms with Crippen LogP contribution in [-0.2, 0) is 0 Å². The summed E-state index contributed by atoms with van der Waals surface area (Å²) in [5, 5.41) is 0. The Morgan fingerprint density at radius 1 is 1.24 bits per heavy atom. The highest BCUT2D eigenvalue weighted by Gasteiger charge is 2.28. The lowest BCUT2D eigenvalue weighted by molar-refractivity contribution is 0.0771. The van der Waals surface area contributed by atoms with E-state index >= 15 is 0 Å². The van der Waals surface area contributed by atoms with Gasteiger partial charge in [0.05, 0.1) is 6.54 Å². The van der Waals surface area contributed by atoms with Gasteiger partial charge in [-0.25, -0.2) is 9.37 Å². The third kappa shape index (κ3) is 3.18. The summed E-state index contributed by atoms with van der Waals surface area (Å²) < 4.78 is 18.6. The van der Waals surface area contributed by atoms with Crippen LogP contribution in [0.3, 0.4) is 0 Å². The molecule has 0 radical (unpaired) electrons. The molecule has 1 unspecified atom stereocenters. The largest absolute Gasteiger partial charge is 0.472 e. The topological polar surface area (TPSA) is 42.4 Å². The van der Waals surface area contributed by atoms with Gasteiger partial charge in [-0.3, -0.25) is 4.79 Å². The van der Waals surface area contributed by atoms with Crippen LogP contribution in [0.15, 0.2) is 48.7 Å². The van der Waals surface area contributed by atoms with Crippen molar-refractivity contribution in [2.75, 3.05) is 13.1 Å². The molecule has 5 heteroatoms. The minimum absolute atomic E-state index is 0.0516. The Morgan fingerprint density at radius 2 is 2.05 bits per heavy atom. The number of benzene rings is 1. The van der Waals surface area contributed by atoms with Crippen molar-refractivity contribution < 1.29 is 13.9 Å². The van der Waals surface area contributed by atoms with Gasteiger partial charge >= 0.3 is 0 Å². The average molecular weight is 286 g/mol. The molecule has 0 spiro atoms. The van der Waals surface area contributed by atoms with Gasteiger partial charge in [-0.15, -0.1) is 0 Å². The summed E-state index contributed by atoms with van der Waals surface area (Å²) in [5.74, 6) is 0.130. The van der Waals surface area contributed by atoms with E-state index in [1.54, 1.807) is 17.2 Å². The molecule has 0 bridgehead atoms. The highest BCUT2D eigenvalue weighted by molar-refractivity contribution is 5.94. The van der Waals surface area contributed by atoms with Gasteiger partial charge in [0.2, 0.25) is 5.88 Å². The van der Waals surface area contributed by atoms with Crippen LogP contribution < -0.4 is 4.74 Å². The summed E-state index contributed by atoms with van der Waals surface area (Å²) in [6.07, 6.45) is 2.39. The van der Waals surface area contributed by atoms with Crippen molar-refractivity contribution in [1.82, 2.24) is 9.88 Å². The molecule has 1 aromatic carbocycles. The van der Waals surface area contributed by atoms with E-state index in [9.17, 15) is 9.18 Å². The summed E-state index contributed by atoms with van der Waals surface area (Å²) in [6.45, 7) is 1.15. The molecule has 0 saturated carbocycles. The number of nitrogens with zero attached hydrogens (tertiary/aromatic N) is 2. The van der Waals surface area contributed by atoms with E-state index in [2.05, 4.69) is 4.98 Å². The number of halogens is 1. The predicted octanol–water partition coefficient (Wildman–Crippen LogP) is 2.51. The van der Waals surface area contributed by atoms with E-state index in [-0.39, 0.29) is 17.8 Å². The number of amides is 1. The summed E-state index contributed by atoms with van der Waals surface area (Å²) in [4.78, 5) is 18.1. The predicted molar refractivity (Wildman–Crippen MR) is 75.6 cm³/mol. The second-order valence-corrected chi connectivity index (χ2v) is 4.95. The Morgan fingerprint density at radius 3 is 2.76 bits per heavy atom. The third-order valence-electron chi connectivity index (χ3n) is 3.45. The van der Waals surface area contributed by atoms with Gasteiger partial charge < -0.3 is 9.64 Å². The fraction of sp³-hybridized carbons (Fsp3) is 0.250. The Balaban J connectivity index is 1.61. The number of hydrogen-bond donors (Lipinski definition) is 0. The zero-order valence-corrected chi connectivity index (χ0v) is 11.4. The molecule has 108 valence electrons. The SMILES string of the molecule is O=C(c1ccc(F)cc1)N1CCC(Oc2ccccn2)C1. The number of carbonyl (C=O) groups is 1. The Kier molecular flexibility index (Phi) is 3.81. The van der Waals surface area contributed by atoms with Gasteiger partial charge in [-0.2, -0.15) is 0 Å². The van der Waals surface area contributed by atoms with Crippen LogP contribution in [0, 0.1) is 5.82 Å². The second-order valence-electron chi connectivity index (χ2n) is 4.95. The molecule has 1 aliphatic heterocycles. The highest BCUT2D eigenvalue weighted by atomic mass is 19.1. The van der Waals surface area contributed by atoms with E-state index in [1.807, 2.05) is 12.1 Å². The molecule has 0 aliphatic carbocycles. The number of pyridine rings is 1. The zero-order valence-electron chi connectivity index (χ0n) is 11.4. The minimum atomic E-state index is -0.343. The molecule has 1 saturated heterocycles. The molecular weight excluding hydrogens is 271 g/mol. The molecule has 2 heterocycles. The van der Waals surface area contributed by atoms with E-state index in [0.29, 0.717) is 24.5 Å². The molecule has 21 heavy (non-hydrogen) atoms. The minimum Gasteiger partial charge on any atom is -0.472 e. The molecule has 2 aromatic rings. The van der Waals surface area contributed by atoms with Crippen molar-refractivity contribution in [3.8, 4) is 5.88 Å². The van der Waals surface area contributed by atoms with Crippen molar-refractivity contribution in [1.29, 1.82) is 0 Å². The number of aromatic nitrogens is 1. The Labute approximate surface area is 122 Å². The van der Waals surface area contributed by atoms with Crippen LogP contribution in [0.4, 0.5) is 4.39 Å². The van der Waals surface area contributed by atoms with Crippen LogP contribution in [0.2, 0.25) is 0 Å². The first-order valence-corrected chi connectivity index (χ1v) is 6.85. The number of carbonyl (C=O) groups excluding carboxylic acids is 1. The van der Waals surface area contributed by atoms with Gasteiger partial charge in [0, 0.05) is 30.8 Å². The summed E-state index contributed by atoms with van der Waals surface area (Å²) >= 11 is 0. The number of ether oxygens (including phenoxy) is 1. The monoisotopic (exact) mass is 286 g/mol. The fourth-order valence-corrected chi connectivity index (χ4v) is 2.37. The van der Waals surface area contributed by atoms with Crippen LogP contribution in [-0.4, -0.2) is 35.0 Å². The molecule has 0 N–H and O–H groups in total. The van der Waals surface area contributed by atoms with Crippen molar-refractivity contribution in [3.63, 3.8) is 0 Å². The highest BCUT2D eigenvalue weighted by Crippen LogP contribution is 2.18. The molecule has 4 nitrogen and oxygen atoms in total. The molecule has 1 fully saturated rings. The lowest BCUT2D eigenvalue weighted by atomic mass is 10.2. The lowest BCUT2D eigenvalue weighted by Gasteiger charge is -2.17. The smallest absolute Gasteiger partial charge is 0.253 e. The zero-order chi connectivity index (χ0) is 14.7. The number of rotatable bonds is 3. The van der Waals surface area contributed by atoms with Gasteiger partial charge in [0.1, 0.15) is 11.9 Å². The van der Waals surface area contributed by atoms with Gasteiger partial charge in [-0.05, 0) is 30.3 Å². The van der Waals surface area contributed by atoms with Gasteiger partial charge in [0.25, 0.3) is 5.91 Å². The molecule has 1 aliphatic rings.